The summed E-state index contributed by atoms with van der Waals surface area (Å²) in [6.45, 7) is 1.01. The van der Waals surface area contributed by atoms with Crippen LogP contribution in [-0.4, -0.2) is 39.5 Å². The Hall–Kier alpha value is -1.91. The molecule has 0 unspecified atom stereocenters. The monoisotopic (exact) mass is 261 g/mol. The van der Waals surface area contributed by atoms with E-state index in [4.69, 9.17) is 0 Å². The number of hydrogen-bond acceptors (Lipinski definition) is 2. The first-order chi connectivity index (χ1) is 9.18. The fourth-order valence-electron chi connectivity index (χ4n) is 2.64. The Labute approximate surface area is 110 Å². The summed E-state index contributed by atoms with van der Waals surface area (Å²) in [6, 6.07) is 3.83. The highest BCUT2D eigenvalue weighted by atomic mass is 19.1. The molecule has 1 amide bonds. The van der Waals surface area contributed by atoms with Crippen molar-refractivity contribution in [2.45, 2.75) is 24.9 Å². The molecule has 0 aromatic carbocycles. The number of likely N-dealkylation sites (tertiary alicyclic amines) is 1. The lowest BCUT2D eigenvalue weighted by Gasteiger charge is -2.34. The largest absolute Gasteiger partial charge is 0.345 e. The zero-order valence-corrected chi connectivity index (χ0v) is 10.6. The molecule has 4 nitrogen and oxygen atoms in total. The summed E-state index contributed by atoms with van der Waals surface area (Å²) < 4.78 is 16.6. The molecule has 100 valence electrons. The average molecular weight is 261 g/mol. The van der Waals surface area contributed by atoms with Crippen LogP contribution in [-0.2, 0) is 11.2 Å². The lowest BCUT2D eigenvalue weighted by atomic mass is 9.87. The van der Waals surface area contributed by atoms with Crippen molar-refractivity contribution in [3.63, 3.8) is 0 Å². The van der Waals surface area contributed by atoms with Gasteiger partial charge in [0.15, 0.2) is 0 Å². The summed E-state index contributed by atoms with van der Waals surface area (Å²) in [5.74, 6) is 0. The van der Waals surface area contributed by atoms with Crippen molar-refractivity contribution in [1.82, 2.24) is 14.3 Å². The van der Waals surface area contributed by atoms with Crippen molar-refractivity contribution in [1.29, 1.82) is 0 Å². The Morgan fingerprint density at radius 3 is 2.89 bits per heavy atom. The first-order valence-corrected chi connectivity index (χ1v) is 6.48. The second-order valence-electron chi connectivity index (χ2n) is 5.20. The van der Waals surface area contributed by atoms with Crippen LogP contribution in [0.1, 0.15) is 18.4 Å². The lowest BCUT2D eigenvalue weighted by Crippen LogP contribution is -2.42. The molecule has 1 saturated heterocycles. The number of alkyl halides is 1. The van der Waals surface area contributed by atoms with Gasteiger partial charge in [0.05, 0.1) is 0 Å². The summed E-state index contributed by atoms with van der Waals surface area (Å²) in [6.07, 6.45) is 7.54. The Bertz CT molecular complexity index is 587. The SMILES string of the molecule is O=CN1CCC(F)(Cc2ccc3nccn3c2)CC1. The van der Waals surface area contributed by atoms with E-state index in [9.17, 15) is 9.18 Å². The summed E-state index contributed by atoms with van der Waals surface area (Å²) in [5, 5.41) is 0. The normalized spacial score (nSPS) is 18.7. The minimum Gasteiger partial charge on any atom is -0.345 e. The quantitative estimate of drug-likeness (QED) is 0.791. The Morgan fingerprint density at radius 2 is 2.16 bits per heavy atom. The van der Waals surface area contributed by atoms with Crippen LogP contribution in [0.3, 0.4) is 0 Å². The number of pyridine rings is 1. The average Bonchev–Trinajstić information content (AvgIpc) is 2.87. The van der Waals surface area contributed by atoms with Gasteiger partial charge in [-0.2, -0.15) is 0 Å². The van der Waals surface area contributed by atoms with Crippen molar-refractivity contribution in [3.05, 3.63) is 36.3 Å². The molecule has 3 heterocycles. The minimum atomic E-state index is -1.20. The molecule has 0 bridgehead atoms. The Balaban J connectivity index is 1.74. The third-order valence-corrected chi connectivity index (χ3v) is 3.81. The standard InChI is InChI=1S/C14H16FN3O/c15-14(3-6-17(11-19)7-4-14)9-12-1-2-13-16-5-8-18(13)10-12/h1-2,5,8,10-11H,3-4,6-7,9H2. The van der Waals surface area contributed by atoms with Crippen LogP contribution in [0.4, 0.5) is 4.39 Å². The highest BCUT2D eigenvalue weighted by Gasteiger charge is 2.34. The van der Waals surface area contributed by atoms with E-state index in [0.29, 0.717) is 32.4 Å². The zero-order valence-electron chi connectivity index (χ0n) is 10.6. The van der Waals surface area contributed by atoms with Gasteiger partial charge in [0.1, 0.15) is 11.3 Å². The van der Waals surface area contributed by atoms with Gasteiger partial charge in [0.2, 0.25) is 6.41 Å². The van der Waals surface area contributed by atoms with Crippen LogP contribution in [0.5, 0.6) is 0 Å². The van der Waals surface area contributed by atoms with Crippen molar-refractivity contribution >= 4 is 12.1 Å². The highest BCUT2D eigenvalue weighted by Crippen LogP contribution is 2.30. The van der Waals surface area contributed by atoms with Gasteiger partial charge in [-0.3, -0.25) is 4.79 Å². The maximum absolute atomic E-state index is 14.7. The van der Waals surface area contributed by atoms with Crippen molar-refractivity contribution in [2.24, 2.45) is 0 Å². The topological polar surface area (TPSA) is 37.6 Å². The van der Waals surface area contributed by atoms with Gasteiger partial charge in [0.25, 0.3) is 0 Å². The summed E-state index contributed by atoms with van der Waals surface area (Å²) in [7, 11) is 0. The van der Waals surface area contributed by atoms with Crippen molar-refractivity contribution < 1.29 is 9.18 Å². The number of piperidine rings is 1. The number of halogens is 1. The number of carbonyl (C=O) groups excluding carboxylic acids is 1. The van der Waals surface area contributed by atoms with Gasteiger partial charge in [-0.05, 0) is 24.5 Å². The number of imidazole rings is 1. The first kappa shape index (κ1) is 12.1. The molecule has 3 rings (SSSR count). The molecular weight excluding hydrogens is 245 g/mol. The number of fused-ring (bicyclic) bond motifs is 1. The highest BCUT2D eigenvalue weighted by molar-refractivity contribution is 5.47. The molecule has 0 saturated carbocycles. The number of rotatable bonds is 3. The molecule has 1 aliphatic rings. The van der Waals surface area contributed by atoms with E-state index < -0.39 is 5.67 Å². The molecule has 0 aliphatic carbocycles. The predicted molar refractivity (Wildman–Crippen MR) is 69.6 cm³/mol. The van der Waals surface area contributed by atoms with Crippen molar-refractivity contribution in [3.8, 4) is 0 Å². The molecule has 19 heavy (non-hydrogen) atoms. The lowest BCUT2D eigenvalue weighted by molar-refractivity contribution is -0.120. The molecule has 0 atom stereocenters. The van der Waals surface area contributed by atoms with Crippen molar-refractivity contribution in [2.75, 3.05) is 13.1 Å². The molecular formula is C14H16FN3O. The van der Waals surface area contributed by atoms with Crippen LogP contribution < -0.4 is 0 Å². The third kappa shape index (κ3) is 2.45. The van der Waals surface area contributed by atoms with Crippen LogP contribution in [0.25, 0.3) is 5.65 Å². The molecule has 1 fully saturated rings. The van der Waals surface area contributed by atoms with Gasteiger partial charge in [-0.25, -0.2) is 9.37 Å². The smallest absolute Gasteiger partial charge is 0.209 e. The van der Waals surface area contributed by atoms with E-state index in [1.165, 1.54) is 0 Å². The molecule has 2 aromatic rings. The van der Waals surface area contributed by atoms with Crippen LogP contribution in [0.2, 0.25) is 0 Å². The Morgan fingerprint density at radius 1 is 1.37 bits per heavy atom. The fraction of sp³-hybridized carbons (Fsp3) is 0.429. The van der Waals surface area contributed by atoms with E-state index in [1.807, 2.05) is 28.9 Å². The number of amides is 1. The van der Waals surface area contributed by atoms with Gasteiger partial charge in [0, 0.05) is 38.1 Å². The second kappa shape index (κ2) is 4.64. The predicted octanol–water partition coefficient (Wildman–Crippen LogP) is 1.84. The number of carbonyl (C=O) groups is 1. The maximum Gasteiger partial charge on any atom is 0.209 e. The van der Waals surface area contributed by atoms with Crippen LogP contribution >= 0.6 is 0 Å². The van der Waals surface area contributed by atoms with E-state index in [-0.39, 0.29) is 0 Å². The van der Waals surface area contributed by atoms with E-state index in [0.717, 1.165) is 17.6 Å². The number of nitrogens with zero attached hydrogens (tertiary/aromatic N) is 3. The van der Waals surface area contributed by atoms with Crippen LogP contribution in [0.15, 0.2) is 30.7 Å². The summed E-state index contributed by atoms with van der Waals surface area (Å²) in [5.41, 5.74) is 0.633. The van der Waals surface area contributed by atoms with Gasteiger partial charge in [-0.15, -0.1) is 0 Å². The molecule has 5 heteroatoms. The van der Waals surface area contributed by atoms with Gasteiger partial charge >= 0.3 is 0 Å². The molecule has 0 radical (unpaired) electrons. The fourth-order valence-corrected chi connectivity index (χ4v) is 2.64. The molecule has 0 spiro atoms. The first-order valence-electron chi connectivity index (χ1n) is 6.48. The summed E-state index contributed by atoms with van der Waals surface area (Å²) >= 11 is 0. The van der Waals surface area contributed by atoms with E-state index in [2.05, 4.69) is 4.98 Å². The van der Waals surface area contributed by atoms with E-state index >= 15 is 0 Å². The maximum atomic E-state index is 14.7. The number of aromatic nitrogens is 2. The van der Waals surface area contributed by atoms with E-state index in [1.54, 1.807) is 11.1 Å². The number of hydrogen-bond donors (Lipinski definition) is 0. The van der Waals surface area contributed by atoms with Gasteiger partial charge < -0.3 is 9.30 Å². The Kier molecular flexibility index (Phi) is 2.97. The van der Waals surface area contributed by atoms with Crippen LogP contribution in [0, 0.1) is 0 Å². The molecule has 1 aliphatic heterocycles. The van der Waals surface area contributed by atoms with Gasteiger partial charge in [-0.1, -0.05) is 6.07 Å². The molecule has 2 aromatic heterocycles. The second-order valence-corrected chi connectivity index (χ2v) is 5.20. The third-order valence-electron chi connectivity index (χ3n) is 3.81. The zero-order chi connectivity index (χ0) is 13.3. The minimum absolute atomic E-state index is 0.397. The summed E-state index contributed by atoms with van der Waals surface area (Å²) in [4.78, 5) is 16.4. The molecule has 0 N–H and O–H groups in total.